The number of carbonyl (C=O) groups excluding carboxylic acids is 1. The highest BCUT2D eigenvalue weighted by molar-refractivity contribution is 7.99. The predicted octanol–water partition coefficient (Wildman–Crippen LogP) is 4.07. The van der Waals surface area contributed by atoms with Gasteiger partial charge in [0.15, 0.2) is 0 Å². The van der Waals surface area contributed by atoms with Gasteiger partial charge in [-0.3, -0.25) is 14.9 Å². The van der Waals surface area contributed by atoms with Gasteiger partial charge >= 0.3 is 6.61 Å². The molecule has 2 aromatic carbocycles. The van der Waals surface area contributed by atoms with Crippen LogP contribution in [-0.4, -0.2) is 23.2 Å². The van der Waals surface area contributed by atoms with Gasteiger partial charge in [0.05, 0.1) is 10.7 Å². The van der Waals surface area contributed by atoms with Crippen LogP contribution in [0.1, 0.15) is 5.56 Å². The van der Waals surface area contributed by atoms with E-state index in [2.05, 4.69) is 10.1 Å². The highest BCUT2D eigenvalue weighted by Crippen LogP contribution is 2.19. The molecule has 0 spiro atoms. The Kier molecular flexibility index (Phi) is 6.70. The van der Waals surface area contributed by atoms with Gasteiger partial charge in [-0.05, 0) is 29.8 Å². The summed E-state index contributed by atoms with van der Waals surface area (Å²) in [6.45, 7) is -2.89. The number of halogens is 2. The van der Waals surface area contributed by atoms with Gasteiger partial charge in [-0.15, -0.1) is 11.8 Å². The average molecular weight is 368 g/mol. The quantitative estimate of drug-likeness (QED) is 0.561. The molecule has 1 N–H and O–H groups in total. The molecule has 1 amide bonds. The summed E-state index contributed by atoms with van der Waals surface area (Å²) in [6, 6.07) is 11.7. The van der Waals surface area contributed by atoms with Crippen LogP contribution in [0.3, 0.4) is 0 Å². The monoisotopic (exact) mass is 368 g/mol. The number of nitro groups is 1. The number of anilines is 1. The van der Waals surface area contributed by atoms with Crippen LogP contribution in [0.2, 0.25) is 0 Å². The third-order valence-electron chi connectivity index (χ3n) is 3.01. The van der Waals surface area contributed by atoms with E-state index < -0.39 is 11.5 Å². The number of nitrogens with zero attached hydrogens (tertiary/aromatic N) is 1. The van der Waals surface area contributed by atoms with Crippen LogP contribution >= 0.6 is 11.8 Å². The molecule has 25 heavy (non-hydrogen) atoms. The lowest BCUT2D eigenvalue weighted by Crippen LogP contribution is -2.14. The molecule has 0 radical (unpaired) electrons. The normalized spacial score (nSPS) is 10.5. The van der Waals surface area contributed by atoms with E-state index in [1.807, 2.05) is 0 Å². The summed E-state index contributed by atoms with van der Waals surface area (Å²) in [5.74, 6) is 0.494. The first-order chi connectivity index (χ1) is 11.9. The van der Waals surface area contributed by atoms with Crippen molar-refractivity contribution in [2.24, 2.45) is 0 Å². The van der Waals surface area contributed by atoms with Crippen LogP contribution in [-0.2, 0) is 10.5 Å². The van der Waals surface area contributed by atoms with Gasteiger partial charge in [0.1, 0.15) is 5.75 Å². The Morgan fingerprint density at radius 3 is 2.36 bits per heavy atom. The summed E-state index contributed by atoms with van der Waals surface area (Å²) in [6.07, 6.45) is 0. The summed E-state index contributed by atoms with van der Waals surface area (Å²) in [5, 5.41) is 13.2. The van der Waals surface area contributed by atoms with Gasteiger partial charge in [0.25, 0.3) is 5.69 Å². The fourth-order valence-corrected chi connectivity index (χ4v) is 2.68. The topological polar surface area (TPSA) is 81.5 Å². The van der Waals surface area contributed by atoms with E-state index in [9.17, 15) is 23.7 Å². The van der Waals surface area contributed by atoms with Crippen LogP contribution in [0, 0.1) is 10.1 Å². The number of nitrogens with one attached hydrogen (secondary N) is 1. The number of hydrogen-bond donors (Lipinski definition) is 1. The predicted molar refractivity (Wildman–Crippen MR) is 91.0 cm³/mol. The number of thioether (sulfide) groups is 1. The molecule has 132 valence electrons. The molecule has 2 rings (SSSR count). The number of alkyl halides is 2. The number of nitro benzene ring substituents is 1. The molecular weight excluding hydrogens is 354 g/mol. The van der Waals surface area contributed by atoms with Crippen molar-refractivity contribution in [2.45, 2.75) is 12.4 Å². The van der Waals surface area contributed by atoms with Crippen LogP contribution in [0.4, 0.5) is 20.2 Å². The Morgan fingerprint density at radius 2 is 1.80 bits per heavy atom. The molecule has 0 fully saturated rings. The lowest BCUT2D eigenvalue weighted by molar-refractivity contribution is -0.384. The van der Waals surface area contributed by atoms with E-state index >= 15 is 0 Å². The highest BCUT2D eigenvalue weighted by atomic mass is 32.2. The molecule has 0 aliphatic carbocycles. The Hall–Kier alpha value is -2.68. The summed E-state index contributed by atoms with van der Waals surface area (Å²) < 4.78 is 28.3. The first-order valence-corrected chi connectivity index (χ1v) is 8.25. The third kappa shape index (κ3) is 6.38. The van der Waals surface area contributed by atoms with E-state index in [1.54, 1.807) is 12.1 Å². The number of benzene rings is 2. The first kappa shape index (κ1) is 18.7. The maximum atomic E-state index is 12.0. The zero-order chi connectivity index (χ0) is 18.2. The van der Waals surface area contributed by atoms with Crippen molar-refractivity contribution in [3.8, 4) is 5.75 Å². The summed E-state index contributed by atoms with van der Waals surface area (Å²) in [7, 11) is 0. The molecule has 0 saturated carbocycles. The molecule has 0 heterocycles. The van der Waals surface area contributed by atoms with Gasteiger partial charge in [-0.2, -0.15) is 8.78 Å². The number of carbonyl (C=O) groups is 1. The standard InChI is InChI=1S/C16H14F2N2O4S/c17-16(18)24-14-7-3-12(4-8-14)19-15(21)10-25-9-11-1-5-13(6-2-11)20(22)23/h1-8,16H,9-10H2,(H,19,21). The zero-order valence-electron chi connectivity index (χ0n) is 12.9. The SMILES string of the molecule is O=C(CSCc1ccc([N+](=O)[O-])cc1)Nc1ccc(OC(F)F)cc1. The Labute approximate surface area is 146 Å². The second-order valence-electron chi connectivity index (χ2n) is 4.87. The zero-order valence-corrected chi connectivity index (χ0v) is 13.7. The molecule has 0 aliphatic heterocycles. The van der Waals surface area contributed by atoms with E-state index in [0.717, 1.165) is 5.56 Å². The number of ether oxygens (including phenoxy) is 1. The third-order valence-corrected chi connectivity index (χ3v) is 4.02. The number of non-ortho nitro benzene ring substituents is 1. The van der Waals surface area contributed by atoms with Crippen molar-refractivity contribution in [3.63, 3.8) is 0 Å². The number of hydrogen-bond acceptors (Lipinski definition) is 5. The molecule has 9 heteroatoms. The van der Waals surface area contributed by atoms with E-state index in [1.165, 1.54) is 48.2 Å². The number of amides is 1. The lowest BCUT2D eigenvalue weighted by Gasteiger charge is -2.07. The molecule has 6 nitrogen and oxygen atoms in total. The summed E-state index contributed by atoms with van der Waals surface area (Å²) >= 11 is 1.35. The largest absolute Gasteiger partial charge is 0.435 e. The molecule has 0 saturated heterocycles. The fourth-order valence-electron chi connectivity index (χ4n) is 1.89. The molecule has 0 bridgehead atoms. The van der Waals surface area contributed by atoms with Gasteiger partial charge in [-0.1, -0.05) is 12.1 Å². The first-order valence-electron chi connectivity index (χ1n) is 7.10. The second-order valence-corrected chi connectivity index (χ2v) is 5.85. The van der Waals surface area contributed by atoms with Crippen LogP contribution in [0.25, 0.3) is 0 Å². The molecule has 0 atom stereocenters. The van der Waals surface area contributed by atoms with Gasteiger partial charge < -0.3 is 10.1 Å². The minimum Gasteiger partial charge on any atom is -0.435 e. The molecule has 0 unspecified atom stereocenters. The van der Waals surface area contributed by atoms with Crippen molar-refractivity contribution in [1.29, 1.82) is 0 Å². The maximum Gasteiger partial charge on any atom is 0.387 e. The van der Waals surface area contributed by atoms with Crippen molar-refractivity contribution < 1.29 is 23.2 Å². The molecule has 0 aromatic heterocycles. The Balaban J connectivity index is 1.75. The molecule has 2 aromatic rings. The van der Waals surface area contributed by atoms with Crippen molar-refractivity contribution in [2.75, 3.05) is 11.1 Å². The maximum absolute atomic E-state index is 12.0. The Bertz CT molecular complexity index is 724. The minimum atomic E-state index is -2.89. The van der Waals surface area contributed by atoms with E-state index in [-0.39, 0.29) is 23.1 Å². The van der Waals surface area contributed by atoms with Gasteiger partial charge in [-0.25, -0.2) is 0 Å². The summed E-state index contributed by atoms with van der Waals surface area (Å²) in [4.78, 5) is 21.9. The minimum absolute atomic E-state index is 0.0144. The fraction of sp³-hybridized carbons (Fsp3) is 0.188. The lowest BCUT2D eigenvalue weighted by atomic mass is 10.2. The smallest absolute Gasteiger partial charge is 0.387 e. The van der Waals surface area contributed by atoms with Crippen molar-refractivity contribution in [1.82, 2.24) is 0 Å². The number of rotatable bonds is 8. The van der Waals surface area contributed by atoms with Crippen LogP contribution in [0.15, 0.2) is 48.5 Å². The molecular formula is C16H14F2N2O4S. The average Bonchev–Trinajstić information content (AvgIpc) is 2.56. The van der Waals surface area contributed by atoms with E-state index in [4.69, 9.17) is 0 Å². The van der Waals surface area contributed by atoms with Crippen molar-refractivity contribution in [3.05, 3.63) is 64.2 Å². The Morgan fingerprint density at radius 1 is 1.16 bits per heavy atom. The highest BCUT2D eigenvalue weighted by Gasteiger charge is 2.07. The molecule has 0 aliphatic rings. The second kappa shape index (κ2) is 8.97. The van der Waals surface area contributed by atoms with E-state index in [0.29, 0.717) is 11.4 Å². The van der Waals surface area contributed by atoms with Crippen LogP contribution in [0.5, 0.6) is 5.75 Å². The van der Waals surface area contributed by atoms with Crippen LogP contribution < -0.4 is 10.1 Å². The van der Waals surface area contributed by atoms with Gasteiger partial charge in [0.2, 0.25) is 5.91 Å². The summed E-state index contributed by atoms with van der Waals surface area (Å²) in [5.41, 5.74) is 1.37. The van der Waals surface area contributed by atoms with Gasteiger partial charge in [0, 0.05) is 23.6 Å². The van der Waals surface area contributed by atoms with Crippen molar-refractivity contribution >= 4 is 29.0 Å².